The number of hydrogen-bond acceptors (Lipinski definition) is 4. The fourth-order valence-electron chi connectivity index (χ4n) is 4.38. The van der Waals surface area contributed by atoms with E-state index in [0.29, 0.717) is 6.54 Å². The van der Waals surface area contributed by atoms with Crippen LogP contribution in [0.5, 0.6) is 0 Å². The SMILES string of the molecule is CC(C)NC(=O)C1CCCC(NC(=O)CN2CCN(Cc3ccccc3)CC2)C1. The Balaban J connectivity index is 1.37. The van der Waals surface area contributed by atoms with Crippen LogP contribution in [0.2, 0.25) is 0 Å². The summed E-state index contributed by atoms with van der Waals surface area (Å²) in [6.45, 7) is 9.22. The molecule has 0 radical (unpaired) electrons. The molecule has 0 spiro atoms. The fraction of sp³-hybridized carbons (Fsp3) is 0.652. The van der Waals surface area contributed by atoms with Crippen molar-refractivity contribution >= 4 is 11.8 Å². The van der Waals surface area contributed by atoms with E-state index in [1.807, 2.05) is 19.9 Å². The molecule has 6 nitrogen and oxygen atoms in total. The van der Waals surface area contributed by atoms with Crippen molar-refractivity contribution in [3.05, 3.63) is 35.9 Å². The van der Waals surface area contributed by atoms with Gasteiger partial charge in [0.1, 0.15) is 0 Å². The topological polar surface area (TPSA) is 64.7 Å². The molecular formula is C23H36N4O2. The van der Waals surface area contributed by atoms with E-state index >= 15 is 0 Å². The van der Waals surface area contributed by atoms with Gasteiger partial charge in [0.15, 0.2) is 0 Å². The van der Waals surface area contributed by atoms with Gasteiger partial charge in [-0.2, -0.15) is 0 Å². The van der Waals surface area contributed by atoms with Crippen LogP contribution in [0.3, 0.4) is 0 Å². The molecule has 1 heterocycles. The molecule has 160 valence electrons. The Kier molecular flexibility index (Phi) is 8.07. The Hall–Kier alpha value is -1.92. The first-order valence-corrected chi connectivity index (χ1v) is 11.1. The van der Waals surface area contributed by atoms with Gasteiger partial charge in [0.2, 0.25) is 11.8 Å². The van der Waals surface area contributed by atoms with Crippen LogP contribution in [-0.2, 0) is 16.1 Å². The van der Waals surface area contributed by atoms with Gasteiger partial charge < -0.3 is 10.6 Å². The number of amides is 2. The number of carbonyl (C=O) groups excluding carboxylic acids is 2. The third kappa shape index (κ3) is 7.12. The number of hydrogen-bond donors (Lipinski definition) is 2. The maximum absolute atomic E-state index is 12.5. The van der Waals surface area contributed by atoms with Crippen LogP contribution in [-0.4, -0.2) is 66.4 Å². The lowest BCUT2D eigenvalue weighted by atomic mass is 9.85. The zero-order valence-electron chi connectivity index (χ0n) is 17.9. The molecule has 2 fully saturated rings. The summed E-state index contributed by atoms with van der Waals surface area (Å²) >= 11 is 0. The lowest BCUT2D eigenvalue weighted by Crippen LogP contribution is -2.51. The van der Waals surface area contributed by atoms with Crippen molar-refractivity contribution in [3.8, 4) is 0 Å². The summed E-state index contributed by atoms with van der Waals surface area (Å²) in [6, 6.07) is 10.8. The molecule has 1 aliphatic heterocycles. The number of nitrogens with one attached hydrogen (secondary N) is 2. The summed E-state index contributed by atoms with van der Waals surface area (Å²) in [4.78, 5) is 29.5. The van der Waals surface area contributed by atoms with Gasteiger partial charge in [0.25, 0.3) is 0 Å². The van der Waals surface area contributed by atoms with Crippen molar-refractivity contribution < 1.29 is 9.59 Å². The first-order valence-electron chi connectivity index (χ1n) is 11.1. The summed E-state index contributed by atoms with van der Waals surface area (Å²) in [5, 5.41) is 6.19. The van der Waals surface area contributed by atoms with Gasteiger partial charge in [-0.1, -0.05) is 36.8 Å². The molecule has 0 bridgehead atoms. The Bertz CT molecular complexity index is 656. The molecule has 3 rings (SSSR count). The molecule has 2 amide bonds. The van der Waals surface area contributed by atoms with Crippen molar-refractivity contribution in [3.63, 3.8) is 0 Å². The van der Waals surface area contributed by atoms with Gasteiger partial charge >= 0.3 is 0 Å². The zero-order valence-corrected chi connectivity index (χ0v) is 17.9. The first kappa shape index (κ1) is 21.8. The molecule has 1 aliphatic carbocycles. The van der Waals surface area contributed by atoms with E-state index in [9.17, 15) is 9.59 Å². The predicted octanol–water partition coefficient (Wildman–Crippen LogP) is 2.00. The first-order chi connectivity index (χ1) is 14.0. The van der Waals surface area contributed by atoms with Gasteiger partial charge in [0, 0.05) is 50.7 Å². The van der Waals surface area contributed by atoms with Crippen molar-refractivity contribution in [1.82, 2.24) is 20.4 Å². The second kappa shape index (κ2) is 10.7. The predicted molar refractivity (Wildman–Crippen MR) is 115 cm³/mol. The molecule has 2 atom stereocenters. The highest BCUT2D eigenvalue weighted by atomic mass is 16.2. The van der Waals surface area contributed by atoms with Crippen LogP contribution >= 0.6 is 0 Å². The second-order valence-corrected chi connectivity index (χ2v) is 8.83. The third-order valence-electron chi connectivity index (χ3n) is 5.92. The van der Waals surface area contributed by atoms with Gasteiger partial charge in [0.05, 0.1) is 6.54 Å². The Morgan fingerprint density at radius 2 is 1.72 bits per heavy atom. The minimum absolute atomic E-state index is 0.0259. The molecule has 2 unspecified atom stereocenters. The summed E-state index contributed by atoms with van der Waals surface area (Å²) in [7, 11) is 0. The average molecular weight is 401 g/mol. The highest BCUT2D eigenvalue weighted by molar-refractivity contribution is 5.80. The molecule has 0 aromatic heterocycles. The molecular weight excluding hydrogens is 364 g/mol. The lowest BCUT2D eigenvalue weighted by Gasteiger charge is -2.35. The van der Waals surface area contributed by atoms with Crippen LogP contribution in [0.15, 0.2) is 30.3 Å². The summed E-state index contributed by atoms with van der Waals surface area (Å²) in [5.41, 5.74) is 1.34. The molecule has 1 saturated heterocycles. The maximum atomic E-state index is 12.5. The Morgan fingerprint density at radius 1 is 1.03 bits per heavy atom. The third-order valence-corrected chi connectivity index (χ3v) is 5.92. The monoisotopic (exact) mass is 400 g/mol. The second-order valence-electron chi connectivity index (χ2n) is 8.83. The summed E-state index contributed by atoms with van der Waals surface area (Å²) in [6.07, 6.45) is 3.66. The van der Waals surface area contributed by atoms with Gasteiger partial charge in [-0.25, -0.2) is 0 Å². The van der Waals surface area contributed by atoms with Crippen LogP contribution in [0, 0.1) is 5.92 Å². The lowest BCUT2D eigenvalue weighted by molar-refractivity contribution is -0.128. The van der Waals surface area contributed by atoms with Crippen LogP contribution in [0.25, 0.3) is 0 Å². The van der Waals surface area contributed by atoms with Crippen molar-refractivity contribution in [2.75, 3.05) is 32.7 Å². The van der Waals surface area contributed by atoms with Gasteiger partial charge in [-0.05, 0) is 38.7 Å². The zero-order chi connectivity index (χ0) is 20.6. The number of carbonyl (C=O) groups is 2. The Morgan fingerprint density at radius 3 is 2.41 bits per heavy atom. The molecule has 2 N–H and O–H groups in total. The average Bonchev–Trinajstić information content (AvgIpc) is 2.70. The number of piperazine rings is 1. The normalized spacial score (nSPS) is 23.7. The van der Waals surface area contributed by atoms with Crippen molar-refractivity contribution in [2.24, 2.45) is 5.92 Å². The highest BCUT2D eigenvalue weighted by Crippen LogP contribution is 2.24. The highest BCUT2D eigenvalue weighted by Gasteiger charge is 2.29. The van der Waals surface area contributed by atoms with Crippen molar-refractivity contribution in [2.45, 2.75) is 58.2 Å². The van der Waals surface area contributed by atoms with Crippen molar-refractivity contribution in [1.29, 1.82) is 0 Å². The minimum atomic E-state index is 0.0259. The summed E-state index contributed by atoms with van der Waals surface area (Å²) in [5.74, 6) is 0.253. The van der Waals surface area contributed by atoms with Gasteiger partial charge in [-0.15, -0.1) is 0 Å². The molecule has 1 aromatic rings. The largest absolute Gasteiger partial charge is 0.354 e. The van der Waals surface area contributed by atoms with Crippen LogP contribution < -0.4 is 10.6 Å². The minimum Gasteiger partial charge on any atom is -0.354 e. The fourth-order valence-corrected chi connectivity index (χ4v) is 4.38. The van der Waals surface area contributed by atoms with Crippen LogP contribution in [0.4, 0.5) is 0 Å². The number of benzene rings is 1. The molecule has 1 saturated carbocycles. The standard InChI is InChI=1S/C23H36N4O2/c1-18(2)24-23(29)20-9-6-10-21(15-20)25-22(28)17-27-13-11-26(12-14-27)16-19-7-4-3-5-8-19/h3-5,7-8,18,20-21H,6,9-17H2,1-2H3,(H,24,29)(H,25,28). The van der Waals surface area contributed by atoms with E-state index in [1.54, 1.807) is 0 Å². The number of nitrogens with zero attached hydrogens (tertiary/aromatic N) is 2. The van der Waals surface area contributed by atoms with Gasteiger partial charge in [-0.3, -0.25) is 19.4 Å². The molecule has 29 heavy (non-hydrogen) atoms. The summed E-state index contributed by atoms with van der Waals surface area (Å²) < 4.78 is 0. The smallest absolute Gasteiger partial charge is 0.234 e. The number of rotatable bonds is 7. The van der Waals surface area contributed by atoms with E-state index < -0.39 is 0 Å². The molecule has 6 heteroatoms. The quantitative estimate of drug-likeness (QED) is 0.735. The van der Waals surface area contributed by atoms with E-state index in [1.165, 1.54) is 5.56 Å². The Labute approximate surface area is 175 Å². The molecule has 1 aromatic carbocycles. The van der Waals surface area contributed by atoms with Crippen LogP contribution in [0.1, 0.15) is 45.1 Å². The van der Waals surface area contributed by atoms with E-state index in [-0.39, 0.29) is 29.8 Å². The molecule has 2 aliphatic rings. The maximum Gasteiger partial charge on any atom is 0.234 e. The van der Waals surface area contributed by atoms with E-state index in [2.05, 4.69) is 44.7 Å². The van der Waals surface area contributed by atoms with E-state index in [0.717, 1.165) is 58.4 Å². The van der Waals surface area contributed by atoms with E-state index in [4.69, 9.17) is 0 Å².